The van der Waals surface area contributed by atoms with Crippen molar-refractivity contribution < 1.29 is 17.9 Å². The molecule has 1 saturated heterocycles. The van der Waals surface area contributed by atoms with Crippen LogP contribution in [0.4, 0.5) is 13.2 Å². The van der Waals surface area contributed by atoms with Crippen LogP contribution < -0.4 is 10.6 Å². The maximum absolute atomic E-state index is 12.7. The Labute approximate surface area is 185 Å². The molecule has 0 aromatic heterocycles. The van der Waals surface area contributed by atoms with E-state index in [4.69, 9.17) is 10.6 Å². The maximum Gasteiger partial charge on any atom is 0.398 e. The van der Waals surface area contributed by atoms with Gasteiger partial charge in [0.2, 0.25) is 0 Å². The second kappa shape index (κ2) is 9.81. The molecule has 2 aromatic carbocycles. The van der Waals surface area contributed by atoms with Crippen LogP contribution in [0.25, 0.3) is 0 Å². The van der Waals surface area contributed by atoms with Crippen LogP contribution in [-0.2, 0) is 12.8 Å². The predicted octanol–water partition coefficient (Wildman–Crippen LogP) is 5.57. The van der Waals surface area contributed by atoms with Gasteiger partial charge in [-0.2, -0.15) is 13.2 Å². The van der Waals surface area contributed by atoms with E-state index in [1.54, 1.807) is 0 Å². The number of hydrogen-bond acceptors (Lipinski definition) is 4. The van der Waals surface area contributed by atoms with E-state index in [9.17, 15) is 13.2 Å². The summed E-state index contributed by atoms with van der Waals surface area (Å²) >= 11 is 0.852. The third-order valence-corrected chi connectivity index (χ3v) is 6.70. The molecular weight excluding hydrogens is 433 g/mol. The highest BCUT2D eigenvalue weighted by atomic mass is 35.5. The van der Waals surface area contributed by atoms with Crippen molar-refractivity contribution >= 4 is 24.2 Å². The lowest BCUT2D eigenvalue weighted by Crippen LogP contribution is -2.44. The number of hydrazine groups is 1. The van der Waals surface area contributed by atoms with Crippen molar-refractivity contribution in [3.05, 3.63) is 59.2 Å². The molecule has 8 heteroatoms. The van der Waals surface area contributed by atoms with Gasteiger partial charge in [-0.15, -0.1) is 24.2 Å². The molecule has 2 aliphatic rings. The van der Waals surface area contributed by atoms with Gasteiger partial charge < -0.3 is 4.74 Å². The second-order valence-electron chi connectivity index (χ2n) is 7.77. The Morgan fingerprint density at radius 2 is 1.93 bits per heavy atom. The number of halogens is 4. The Bertz CT molecular complexity index is 850. The van der Waals surface area contributed by atoms with E-state index in [2.05, 4.69) is 12.1 Å². The summed E-state index contributed by atoms with van der Waals surface area (Å²) in [7, 11) is 0. The quantitative estimate of drug-likeness (QED) is 0.469. The van der Waals surface area contributed by atoms with Crippen LogP contribution in [0.3, 0.4) is 0 Å². The number of nitrogens with zero attached hydrogens (tertiary/aromatic N) is 1. The number of hydrogen-bond donors (Lipinski definition) is 1. The van der Waals surface area contributed by atoms with Crippen molar-refractivity contribution in [3.8, 4) is 5.75 Å². The van der Waals surface area contributed by atoms with Crippen molar-refractivity contribution in [3.63, 3.8) is 0 Å². The molecule has 0 saturated carbocycles. The highest BCUT2D eigenvalue weighted by molar-refractivity contribution is 7.99. The first-order valence-electron chi connectivity index (χ1n) is 9.95. The van der Waals surface area contributed by atoms with Crippen molar-refractivity contribution in [2.45, 2.75) is 42.8 Å². The molecule has 0 bridgehead atoms. The molecule has 3 nitrogen and oxygen atoms in total. The van der Waals surface area contributed by atoms with E-state index >= 15 is 0 Å². The summed E-state index contributed by atoms with van der Waals surface area (Å²) < 4.78 is 44.0. The molecule has 0 unspecified atom stereocenters. The third-order valence-electron chi connectivity index (χ3n) is 5.65. The molecule has 0 aliphatic carbocycles. The van der Waals surface area contributed by atoms with E-state index in [-0.39, 0.29) is 24.4 Å². The first-order valence-corrected chi connectivity index (χ1v) is 10.9. The van der Waals surface area contributed by atoms with Crippen molar-refractivity contribution in [2.75, 3.05) is 18.9 Å². The molecule has 2 heterocycles. The number of nitrogens with two attached hydrogens (primary N) is 1. The molecule has 164 valence electrons. The first kappa shape index (κ1) is 23.3. The lowest BCUT2D eigenvalue weighted by molar-refractivity contribution is -0.105. The maximum atomic E-state index is 12.7. The van der Waals surface area contributed by atoms with Crippen LogP contribution in [0.5, 0.6) is 5.75 Å². The number of fused-ring (bicyclic) bond motifs is 1. The van der Waals surface area contributed by atoms with Crippen LogP contribution in [0.1, 0.15) is 35.6 Å². The van der Waals surface area contributed by atoms with E-state index in [1.165, 1.54) is 5.56 Å². The zero-order chi connectivity index (χ0) is 20.4. The van der Waals surface area contributed by atoms with Gasteiger partial charge in [-0.25, -0.2) is 5.01 Å². The van der Waals surface area contributed by atoms with Gasteiger partial charge in [-0.3, -0.25) is 5.84 Å². The largest absolute Gasteiger partial charge is 0.493 e. The number of thioether (sulfide) groups is 1. The van der Waals surface area contributed by atoms with Crippen molar-refractivity contribution in [2.24, 2.45) is 11.8 Å². The Kier molecular flexibility index (Phi) is 7.61. The Balaban J connectivity index is 0.00000256. The highest BCUT2D eigenvalue weighted by Crippen LogP contribution is 2.41. The van der Waals surface area contributed by atoms with Gasteiger partial charge in [0, 0.05) is 17.9 Å². The number of rotatable bonds is 5. The molecule has 2 aliphatic heterocycles. The van der Waals surface area contributed by atoms with Gasteiger partial charge in [0.05, 0.1) is 18.4 Å². The molecule has 1 fully saturated rings. The molecule has 0 radical (unpaired) electrons. The summed E-state index contributed by atoms with van der Waals surface area (Å²) in [5.74, 6) is 6.64. The standard InChI is InChI=1S/C22H25F3N2OS.ClH/c23-22(24,25)14-29-19-12-17-8-10-28-21(17)18(13-19)11-16-7-4-9-27(26)20(16)15-5-2-1-3-6-15;/h1-3,5-6,12-13,16,20H,4,7-11,14,26H2;1H/t16-,20+;/m0./s1. The van der Waals surface area contributed by atoms with E-state index in [1.807, 2.05) is 35.3 Å². The number of ether oxygens (including phenoxy) is 1. The minimum absolute atomic E-state index is 0. The SMILES string of the molecule is Cl.NN1CCC[C@@H](Cc2cc(SCC(F)(F)F)cc3c2OCC3)[C@H]1c1ccccc1. The summed E-state index contributed by atoms with van der Waals surface area (Å²) in [6.07, 6.45) is -0.644. The minimum atomic E-state index is -4.18. The van der Waals surface area contributed by atoms with Gasteiger partial charge in [0.15, 0.2) is 0 Å². The van der Waals surface area contributed by atoms with Gasteiger partial charge in [-0.05, 0) is 54.0 Å². The fourth-order valence-electron chi connectivity index (χ4n) is 4.47. The molecule has 2 aromatic rings. The van der Waals surface area contributed by atoms with Crippen LogP contribution in [0.2, 0.25) is 0 Å². The number of piperidine rings is 1. The smallest absolute Gasteiger partial charge is 0.398 e. The summed E-state index contributed by atoms with van der Waals surface area (Å²) in [6, 6.07) is 14.1. The fourth-order valence-corrected chi connectivity index (χ4v) is 5.25. The molecule has 0 amide bonds. The normalized spacial score (nSPS) is 21.6. The van der Waals surface area contributed by atoms with Crippen LogP contribution >= 0.6 is 24.2 Å². The average molecular weight is 459 g/mol. The molecule has 30 heavy (non-hydrogen) atoms. The van der Waals surface area contributed by atoms with Gasteiger partial charge in [-0.1, -0.05) is 30.3 Å². The number of benzene rings is 2. The van der Waals surface area contributed by atoms with E-state index in [0.717, 1.165) is 60.9 Å². The molecular formula is C22H26ClF3N2OS. The van der Waals surface area contributed by atoms with Crippen LogP contribution in [-0.4, -0.2) is 30.1 Å². The topological polar surface area (TPSA) is 38.5 Å². The Morgan fingerprint density at radius 3 is 2.67 bits per heavy atom. The zero-order valence-corrected chi connectivity index (χ0v) is 18.2. The lowest BCUT2D eigenvalue weighted by atomic mass is 9.81. The fraction of sp³-hybridized carbons (Fsp3) is 0.455. The minimum Gasteiger partial charge on any atom is -0.493 e. The molecule has 2 atom stereocenters. The second-order valence-corrected chi connectivity index (χ2v) is 8.82. The highest BCUT2D eigenvalue weighted by Gasteiger charge is 2.33. The van der Waals surface area contributed by atoms with Crippen molar-refractivity contribution in [1.29, 1.82) is 0 Å². The summed E-state index contributed by atoms with van der Waals surface area (Å²) in [5.41, 5.74) is 3.20. The van der Waals surface area contributed by atoms with Crippen LogP contribution in [0, 0.1) is 5.92 Å². The van der Waals surface area contributed by atoms with E-state index in [0.29, 0.717) is 11.5 Å². The number of alkyl halides is 3. The van der Waals surface area contributed by atoms with Gasteiger partial charge >= 0.3 is 6.18 Å². The molecule has 2 N–H and O–H groups in total. The average Bonchev–Trinajstić information content (AvgIpc) is 3.16. The van der Waals surface area contributed by atoms with E-state index < -0.39 is 11.9 Å². The van der Waals surface area contributed by atoms with Crippen LogP contribution in [0.15, 0.2) is 47.4 Å². The van der Waals surface area contributed by atoms with Crippen molar-refractivity contribution in [1.82, 2.24) is 5.01 Å². The van der Waals surface area contributed by atoms with Gasteiger partial charge in [0.25, 0.3) is 0 Å². The third kappa shape index (κ3) is 5.44. The molecule has 4 rings (SSSR count). The monoisotopic (exact) mass is 458 g/mol. The van der Waals surface area contributed by atoms with Gasteiger partial charge in [0.1, 0.15) is 5.75 Å². The summed E-state index contributed by atoms with van der Waals surface area (Å²) in [6.45, 7) is 1.43. The summed E-state index contributed by atoms with van der Waals surface area (Å²) in [4.78, 5) is 0.665. The zero-order valence-electron chi connectivity index (χ0n) is 16.5. The summed E-state index contributed by atoms with van der Waals surface area (Å²) in [5, 5.41) is 1.91. The first-order chi connectivity index (χ1) is 13.9. The molecule has 0 spiro atoms. The predicted molar refractivity (Wildman–Crippen MR) is 116 cm³/mol. The Morgan fingerprint density at radius 1 is 1.17 bits per heavy atom. The Hall–Kier alpha value is -1.41. The lowest BCUT2D eigenvalue weighted by Gasteiger charge is -2.39.